The van der Waals surface area contributed by atoms with Gasteiger partial charge in [0.15, 0.2) is 0 Å². The Hall–Kier alpha value is -2.68. The Morgan fingerprint density at radius 3 is 2.59 bits per heavy atom. The van der Waals surface area contributed by atoms with Gasteiger partial charge in [-0.2, -0.15) is 13.2 Å². The van der Waals surface area contributed by atoms with Crippen molar-refractivity contribution in [1.29, 1.82) is 0 Å². The fourth-order valence-corrected chi connectivity index (χ4v) is 4.54. The summed E-state index contributed by atoms with van der Waals surface area (Å²) in [6, 6.07) is 6.51. The molecule has 0 spiro atoms. The Morgan fingerprint density at radius 2 is 1.97 bits per heavy atom. The molecule has 152 valence electrons. The molecule has 3 aromatic rings. The van der Waals surface area contributed by atoms with Gasteiger partial charge in [0.1, 0.15) is 21.3 Å². The number of carbonyl (C=O) groups is 1. The molecule has 0 bridgehead atoms. The van der Waals surface area contributed by atoms with E-state index in [1.165, 1.54) is 23.5 Å². The van der Waals surface area contributed by atoms with Crippen molar-refractivity contribution in [2.45, 2.75) is 38.9 Å². The van der Waals surface area contributed by atoms with Crippen LogP contribution in [0.25, 0.3) is 10.6 Å². The smallest absolute Gasteiger partial charge is 0.361 e. The summed E-state index contributed by atoms with van der Waals surface area (Å²) in [5.74, 6) is 0.555. The van der Waals surface area contributed by atoms with E-state index in [2.05, 4.69) is 10.1 Å². The quantitative estimate of drug-likeness (QED) is 0.567. The average molecular weight is 421 g/mol. The first-order valence-electron chi connectivity index (χ1n) is 9.13. The number of likely N-dealkylation sites (tertiary alicyclic amines) is 1. The monoisotopic (exact) mass is 421 g/mol. The van der Waals surface area contributed by atoms with Crippen molar-refractivity contribution in [2.75, 3.05) is 6.54 Å². The Labute approximate surface area is 169 Å². The van der Waals surface area contributed by atoms with Crippen molar-refractivity contribution in [3.63, 3.8) is 0 Å². The summed E-state index contributed by atoms with van der Waals surface area (Å²) in [5, 5.41) is 4.58. The summed E-state index contributed by atoms with van der Waals surface area (Å²) in [6.45, 7) is 4.16. The van der Waals surface area contributed by atoms with Crippen LogP contribution < -0.4 is 0 Å². The number of alkyl halides is 3. The van der Waals surface area contributed by atoms with E-state index in [0.717, 1.165) is 30.7 Å². The third kappa shape index (κ3) is 3.78. The van der Waals surface area contributed by atoms with E-state index in [-0.39, 0.29) is 11.9 Å². The summed E-state index contributed by atoms with van der Waals surface area (Å²) < 4.78 is 43.5. The predicted molar refractivity (Wildman–Crippen MR) is 102 cm³/mol. The van der Waals surface area contributed by atoms with Crippen LogP contribution in [0.5, 0.6) is 0 Å². The van der Waals surface area contributed by atoms with Crippen LogP contribution in [0.2, 0.25) is 0 Å². The Balaban J connectivity index is 1.60. The number of aryl methyl sites for hydroxylation is 2. The zero-order valence-corrected chi connectivity index (χ0v) is 16.6. The molecule has 1 saturated heterocycles. The minimum absolute atomic E-state index is 0.138. The van der Waals surface area contributed by atoms with E-state index in [1.807, 2.05) is 6.07 Å². The van der Waals surface area contributed by atoms with E-state index >= 15 is 0 Å². The van der Waals surface area contributed by atoms with E-state index < -0.39 is 11.7 Å². The van der Waals surface area contributed by atoms with Crippen LogP contribution in [0.3, 0.4) is 0 Å². The Morgan fingerprint density at radius 1 is 1.24 bits per heavy atom. The number of carbonyl (C=O) groups excluding carboxylic acids is 1. The first-order chi connectivity index (χ1) is 13.7. The van der Waals surface area contributed by atoms with Crippen LogP contribution in [0.4, 0.5) is 13.2 Å². The Bertz CT molecular complexity index is 1040. The second-order valence-electron chi connectivity index (χ2n) is 7.03. The van der Waals surface area contributed by atoms with Gasteiger partial charge in [-0.15, -0.1) is 11.3 Å². The number of aromatic nitrogens is 2. The van der Waals surface area contributed by atoms with Gasteiger partial charge in [0, 0.05) is 18.2 Å². The number of thiazole rings is 1. The van der Waals surface area contributed by atoms with E-state index in [9.17, 15) is 18.0 Å². The predicted octanol–water partition coefficient (Wildman–Crippen LogP) is 5.41. The van der Waals surface area contributed by atoms with Gasteiger partial charge in [-0.05, 0) is 38.8 Å². The number of amides is 1. The van der Waals surface area contributed by atoms with Crippen LogP contribution in [-0.2, 0) is 6.18 Å². The molecule has 0 saturated carbocycles. The molecule has 4 rings (SSSR count). The van der Waals surface area contributed by atoms with E-state index in [4.69, 9.17) is 4.52 Å². The largest absolute Gasteiger partial charge is 0.416 e. The molecule has 0 unspecified atom stereocenters. The van der Waals surface area contributed by atoms with Gasteiger partial charge in [0.2, 0.25) is 0 Å². The van der Waals surface area contributed by atoms with Crippen LogP contribution in [0.15, 0.2) is 34.9 Å². The molecule has 1 aliphatic heterocycles. The van der Waals surface area contributed by atoms with Crippen molar-refractivity contribution in [2.24, 2.45) is 0 Å². The van der Waals surface area contributed by atoms with Gasteiger partial charge in [-0.3, -0.25) is 4.79 Å². The number of hydrogen-bond donors (Lipinski definition) is 0. The Kier molecular flexibility index (Phi) is 4.94. The summed E-state index contributed by atoms with van der Waals surface area (Å²) in [7, 11) is 0. The third-order valence-corrected chi connectivity index (χ3v) is 6.15. The van der Waals surface area contributed by atoms with Crippen molar-refractivity contribution in [1.82, 2.24) is 15.0 Å². The molecule has 1 amide bonds. The van der Waals surface area contributed by atoms with E-state index in [0.29, 0.717) is 33.4 Å². The molecule has 3 heterocycles. The highest BCUT2D eigenvalue weighted by Gasteiger charge is 2.34. The minimum Gasteiger partial charge on any atom is -0.361 e. The molecule has 0 aliphatic carbocycles. The van der Waals surface area contributed by atoms with Crippen LogP contribution in [0, 0.1) is 13.8 Å². The summed E-state index contributed by atoms with van der Waals surface area (Å²) in [6.07, 6.45) is -2.71. The van der Waals surface area contributed by atoms with Gasteiger partial charge in [-0.1, -0.05) is 17.3 Å². The number of benzene rings is 1. The first-order valence-corrected chi connectivity index (χ1v) is 9.95. The van der Waals surface area contributed by atoms with Gasteiger partial charge >= 0.3 is 6.18 Å². The maximum absolute atomic E-state index is 13.2. The van der Waals surface area contributed by atoms with Crippen molar-refractivity contribution < 1.29 is 22.5 Å². The molecular formula is C20H18F3N3O2S. The fraction of sp³-hybridized carbons (Fsp3) is 0.350. The molecule has 1 atom stereocenters. The number of nitrogens with zero attached hydrogens (tertiary/aromatic N) is 3. The summed E-state index contributed by atoms with van der Waals surface area (Å²) in [5.41, 5.74) is 1.14. The number of halogens is 3. The zero-order chi connectivity index (χ0) is 20.8. The highest BCUT2D eigenvalue weighted by molar-refractivity contribution is 7.17. The molecule has 1 fully saturated rings. The standard InChI is InChI=1S/C20H18F3N3O2S/c1-11-10-15(25-28-11)16-4-3-9-26(16)19(27)17-12(2)24-18(29-17)13-5-7-14(8-6-13)20(21,22)23/h5-8,10,16H,3-4,9H2,1-2H3/t16-/m1/s1. The normalized spacial score (nSPS) is 17.1. The highest BCUT2D eigenvalue weighted by atomic mass is 32.1. The molecule has 0 radical (unpaired) electrons. The maximum atomic E-state index is 13.2. The highest BCUT2D eigenvalue weighted by Crippen LogP contribution is 2.36. The SMILES string of the molecule is Cc1cc([C@H]2CCCN2C(=O)c2sc(-c3ccc(C(F)(F)F)cc3)nc2C)no1. The second kappa shape index (κ2) is 7.29. The lowest BCUT2D eigenvalue weighted by Gasteiger charge is -2.22. The second-order valence-corrected chi connectivity index (χ2v) is 8.03. The average Bonchev–Trinajstić information content (AvgIpc) is 3.40. The zero-order valence-electron chi connectivity index (χ0n) is 15.8. The minimum atomic E-state index is -4.39. The van der Waals surface area contributed by atoms with Gasteiger partial charge < -0.3 is 9.42 Å². The van der Waals surface area contributed by atoms with Gasteiger partial charge in [-0.25, -0.2) is 4.98 Å². The number of rotatable bonds is 3. The topological polar surface area (TPSA) is 59.2 Å². The lowest BCUT2D eigenvalue weighted by Crippen LogP contribution is -2.30. The molecule has 5 nitrogen and oxygen atoms in total. The van der Waals surface area contributed by atoms with Crippen molar-refractivity contribution >= 4 is 17.2 Å². The molecule has 0 N–H and O–H groups in total. The lowest BCUT2D eigenvalue weighted by atomic mass is 10.1. The van der Waals surface area contributed by atoms with Crippen LogP contribution >= 0.6 is 11.3 Å². The molecule has 29 heavy (non-hydrogen) atoms. The maximum Gasteiger partial charge on any atom is 0.416 e. The van der Waals surface area contributed by atoms with Crippen LogP contribution in [-0.4, -0.2) is 27.5 Å². The van der Waals surface area contributed by atoms with Gasteiger partial charge in [0.05, 0.1) is 17.3 Å². The molecule has 9 heteroatoms. The third-order valence-electron chi connectivity index (χ3n) is 4.95. The van der Waals surface area contributed by atoms with Gasteiger partial charge in [0.25, 0.3) is 5.91 Å². The molecule has 1 aliphatic rings. The summed E-state index contributed by atoms with van der Waals surface area (Å²) >= 11 is 1.20. The van der Waals surface area contributed by atoms with E-state index in [1.54, 1.807) is 18.7 Å². The molecular weight excluding hydrogens is 403 g/mol. The number of hydrogen-bond acceptors (Lipinski definition) is 5. The lowest BCUT2D eigenvalue weighted by molar-refractivity contribution is -0.137. The molecule has 2 aromatic heterocycles. The fourth-order valence-electron chi connectivity index (χ4n) is 3.51. The summed E-state index contributed by atoms with van der Waals surface area (Å²) in [4.78, 5) is 19.9. The van der Waals surface area contributed by atoms with Crippen molar-refractivity contribution in [3.05, 3.63) is 57.9 Å². The van der Waals surface area contributed by atoms with Crippen LogP contribution in [0.1, 0.15) is 51.3 Å². The van der Waals surface area contributed by atoms with Crippen molar-refractivity contribution in [3.8, 4) is 10.6 Å². The molecule has 1 aromatic carbocycles. The first kappa shape index (κ1) is 19.6.